The summed E-state index contributed by atoms with van der Waals surface area (Å²) < 4.78 is 10.4. The van der Waals surface area contributed by atoms with Gasteiger partial charge in [-0.05, 0) is 31.9 Å². The Balaban J connectivity index is 1.96. The summed E-state index contributed by atoms with van der Waals surface area (Å²) in [6.07, 6.45) is 4.55. The molecule has 1 amide bonds. The Morgan fingerprint density at radius 1 is 1.65 bits per heavy atom. The van der Waals surface area contributed by atoms with Crippen molar-refractivity contribution in [1.29, 1.82) is 0 Å². The number of amides is 1. The van der Waals surface area contributed by atoms with Crippen LogP contribution in [0.15, 0.2) is 22.8 Å². The fourth-order valence-electron chi connectivity index (χ4n) is 2.28. The van der Waals surface area contributed by atoms with Gasteiger partial charge in [0.2, 0.25) is 5.91 Å². The molecule has 1 atom stereocenters. The Morgan fingerprint density at radius 2 is 2.41 bits per heavy atom. The summed E-state index contributed by atoms with van der Waals surface area (Å²) in [5.74, 6) is 0.861. The Morgan fingerprint density at radius 3 is 2.88 bits per heavy atom. The lowest BCUT2D eigenvalue weighted by Crippen LogP contribution is -2.49. The largest absolute Gasteiger partial charge is 0.467 e. The first-order chi connectivity index (χ1) is 8.18. The van der Waals surface area contributed by atoms with Crippen LogP contribution in [-0.4, -0.2) is 19.6 Å². The zero-order chi connectivity index (χ0) is 12.3. The molecule has 1 aliphatic carbocycles. The van der Waals surface area contributed by atoms with Gasteiger partial charge in [0.1, 0.15) is 5.76 Å². The first-order valence-electron chi connectivity index (χ1n) is 6.01. The molecule has 0 unspecified atom stereocenters. The van der Waals surface area contributed by atoms with E-state index in [4.69, 9.17) is 9.15 Å². The van der Waals surface area contributed by atoms with Crippen molar-refractivity contribution in [3.8, 4) is 0 Å². The molecule has 1 fully saturated rings. The van der Waals surface area contributed by atoms with E-state index in [0.717, 1.165) is 25.0 Å². The lowest BCUT2D eigenvalue weighted by Gasteiger charge is -2.40. The van der Waals surface area contributed by atoms with Crippen molar-refractivity contribution in [3.63, 3.8) is 0 Å². The van der Waals surface area contributed by atoms with Crippen LogP contribution in [0.3, 0.4) is 0 Å². The molecule has 2 rings (SSSR count). The second-order valence-corrected chi connectivity index (χ2v) is 4.78. The molecule has 1 aromatic rings. The Hall–Kier alpha value is -1.29. The predicted molar refractivity (Wildman–Crippen MR) is 63.4 cm³/mol. The third-order valence-electron chi connectivity index (χ3n) is 3.53. The van der Waals surface area contributed by atoms with E-state index in [2.05, 4.69) is 5.32 Å². The number of ether oxygens (including phenoxy) is 1. The van der Waals surface area contributed by atoms with E-state index in [1.165, 1.54) is 0 Å². The molecule has 4 nitrogen and oxygen atoms in total. The van der Waals surface area contributed by atoms with Crippen molar-refractivity contribution in [2.24, 2.45) is 5.41 Å². The van der Waals surface area contributed by atoms with Crippen LogP contribution in [0.4, 0.5) is 0 Å². The fourth-order valence-corrected chi connectivity index (χ4v) is 2.28. The van der Waals surface area contributed by atoms with Crippen LogP contribution in [0.1, 0.15) is 38.0 Å². The Bertz CT molecular complexity index is 368. The molecule has 0 bridgehead atoms. The second-order valence-electron chi connectivity index (χ2n) is 4.78. The van der Waals surface area contributed by atoms with Crippen molar-refractivity contribution < 1.29 is 13.9 Å². The molecular weight excluding hydrogens is 218 g/mol. The van der Waals surface area contributed by atoms with Crippen LogP contribution in [0.2, 0.25) is 0 Å². The van der Waals surface area contributed by atoms with Crippen LogP contribution in [-0.2, 0) is 9.53 Å². The van der Waals surface area contributed by atoms with Gasteiger partial charge in [0.25, 0.3) is 0 Å². The van der Waals surface area contributed by atoms with Crippen molar-refractivity contribution in [3.05, 3.63) is 24.2 Å². The van der Waals surface area contributed by atoms with Crippen LogP contribution in [0.5, 0.6) is 0 Å². The van der Waals surface area contributed by atoms with Gasteiger partial charge in [0.05, 0.1) is 24.3 Å². The molecule has 0 aromatic carbocycles. The van der Waals surface area contributed by atoms with Gasteiger partial charge in [-0.2, -0.15) is 0 Å². The molecule has 1 saturated carbocycles. The normalized spacial score (nSPS) is 19.4. The molecule has 94 valence electrons. The fraction of sp³-hybridized carbons (Fsp3) is 0.615. The van der Waals surface area contributed by atoms with E-state index in [-0.39, 0.29) is 17.4 Å². The molecule has 0 saturated heterocycles. The quantitative estimate of drug-likeness (QED) is 0.854. The summed E-state index contributed by atoms with van der Waals surface area (Å²) in [7, 11) is 1.64. The number of carbonyl (C=O) groups is 1. The minimum Gasteiger partial charge on any atom is -0.467 e. The molecule has 1 N–H and O–H groups in total. The summed E-state index contributed by atoms with van der Waals surface area (Å²) in [6.45, 7) is 2.43. The number of methoxy groups -OCH3 is 1. The molecule has 0 radical (unpaired) electrons. The molecular formula is C13H19NO3. The topological polar surface area (TPSA) is 51.5 Å². The molecule has 1 aliphatic rings. The number of hydrogen-bond acceptors (Lipinski definition) is 3. The SMILES string of the molecule is COCC1(C(=O)N[C@H](C)c2ccco2)CCC1. The van der Waals surface area contributed by atoms with Crippen molar-refractivity contribution in [2.45, 2.75) is 32.2 Å². The summed E-state index contributed by atoms with van der Waals surface area (Å²) in [4.78, 5) is 12.2. The van der Waals surface area contributed by atoms with Crippen LogP contribution < -0.4 is 5.32 Å². The molecule has 0 spiro atoms. The zero-order valence-corrected chi connectivity index (χ0v) is 10.4. The smallest absolute Gasteiger partial charge is 0.229 e. The maximum Gasteiger partial charge on any atom is 0.229 e. The minimum atomic E-state index is -0.310. The van der Waals surface area contributed by atoms with E-state index in [1.807, 2.05) is 19.1 Å². The average Bonchev–Trinajstić information content (AvgIpc) is 2.76. The molecule has 17 heavy (non-hydrogen) atoms. The van der Waals surface area contributed by atoms with E-state index in [1.54, 1.807) is 13.4 Å². The van der Waals surface area contributed by atoms with Gasteiger partial charge in [0.15, 0.2) is 0 Å². The average molecular weight is 237 g/mol. The summed E-state index contributed by atoms with van der Waals surface area (Å²) in [5, 5.41) is 3.00. The van der Waals surface area contributed by atoms with Gasteiger partial charge < -0.3 is 14.5 Å². The highest BCUT2D eigenvalue weighted by molar-refractivity contribution is 5.84. The van der Waals surface area contributed by atoms with E-state index < -0.39 is 0 Å². The highest BCUT2D eigenvalue weighted by Crippen LogP contribution is 2.41. The summed E-state index contributed by atoms with van der Waals surface area (Å²) in [5.41, 5.74) is -0.310. The Kier molecular flexibility index (Phi) is 3.52. The third-order valence-corrected chi connectivity index (χ3v) is 3.53. The van der Waals surface area contributed by atoms with Gasteiger partial charge >= 0.3 is 0 Å². The maximum atomic E-state index is 12.2. The minimum absolute atomic E-state index is 0.0782. The van der Waals surface area contributed by atoms with Gasteiger partial charge in [-0.25, -0.2) is 0 Å². The van der Waals surface area contributed by atoms with Gasteiger partial charge in [-0.3, -0.25) is 4.79 Å². The number of furan rings is 1. The summed E-state index contributed by atoms with van der Waals surface area (Å²) >= 11 is 0. The Labute approximate surface area is 101 Å². The lowest BCUT2D eigenvalue weighted by molar-refractivity contribution is -0.141. The third kappa shape index (κ3) is 2.36. The number of hydrogen-bond donors (Lipinski definition) is 1. The summed E-state index contributed by atoms with van der Waals surface area (Å²) in [6, 6.07) is 3.60. The molecule has 4 heteroatoms. The van der Waals surface area contributed by atoms with E-state index in [9.17, 15) is 4.79 Å². The number of rotatable bonds is 5. The van der Waals surface area contributed by atoms with Crippen molar-refractivity contribution >= 4 is 5.91 Å². The first-order valence-corrected chi connectivity index (χ1v) is 6.01. The van der Waals surface area contributed by atoms with Crippen LogP contribution in [0, 0.1) is 5.41 Å². The monoisotopic (exact) mass is 237 g/mol. The van der Waals surface area contributed by atoms with E-state index in [0.29, 0.717) is 6.61 Å². The molecule has 1 aromatic heterocycles. The highest BCUT2D eigenvalue weighted by Gasteiger charge is 2.44. The van der Waals surface area contributed by atoms with Crippen molar-refractivity contribution in [1.82, 2.24) is 5.32 Å². The standard InChI is InChI=1S/C13H19NO3/c1-10(11-5-3-8-17-11)14-12(15)13(9-16-2)6-4-7-13/h3,5,8,10H,4,6-7,9H2,1-2H3,(H,14,15)/t10-/m1/s1. The first kappa shape index (κ1) is 12.2. The highest BCUT2D eigenvalue weighted by atomic mass is 16.5. The molecule has 0 aliphatic heterocycles. The number of carbonyl (C=O) groups excluding carboxylic acids is 1. The second kappa shape index (κ2) is 4.92. The number of nitrogens with one attached hydrogen (secondary N) is 1. The zero-order valence-electron chi connectivity index (χ0n) is 10.4. The van der Waals surface area contributed by atoms with Gasteiger partial charge in [-0.15, -0.1) is 0 Å². The van der Waals surface area contributed by atoms with Crippen LogP contribution in [0.25, 0.3) is 0 Å². The maximum absolute atomic E-state index is 12.2. The van der Waals surface area contributed by atoms with Crippen molar-refractivity contribution in [2.75, 3.05) is 13.7 Å². The predicted octanol–water partition coefficient (Wildman–Crippen LogP) is 2.27. The van der Waals surface area contributed by atoms with Gasteiger partial charge in [0, 0.05) is 7.11 Å². The van der Waals surface area contributed by atoms with Crippen LogP contribution >= 0.6 is 0 Å². The van der Waals surface area contributed by atoms with E-state index >= 15 is 0 Å². The van der Waals surface area contributed by atoms with Gasteiger partial charge in [-0.1, -0.05) is 6.42 Å². The lowest BCUT2D eigenvalue weighted by atomic mass is 9.68. The molecule has 1 heterocycles.